The second kappa shape index (κ2) is 6.21. The molecule has 0 saturated carbocycles. The molecule has 0 atom stereocenters. The van der Waals surface area contributed by atoms with Crippen molar-refractivity contribution in [2.75, 3.05) is 30.9 Å². The van der Waals surface area contributed by atoms with Crippen LogP contribution in [0.25, 0.3) is 0 Å². The summed E-state index contributed by atoms with van der Waals surface area (Å²) >= 11 is 0. The minimum atomic E-state index is -4.47. The van der Waals surface area contributed by atoms with Crippen molar-refractivity contribution in [2.24, 2.45) is 0 Å². The van der Waals surface area contributed by atoms with Crippen molar-refractivity contribution in [2.45, 2.75) is 12.7 Å². The van der Waals surface area contributed by atoms with Crippen LogP contribution in [0.5, 0.6) is 0 Å². The van der Waals surface area contributed by atoms with E-state index in [2.05, 4.69) is 9.97 Å². The van der Waals surface area contributed by atoms with Crippen LogP contribution in [0.2, 0.25) is 0 Å². The lowest BCUT2D eigenvalue weighted by Crippen LogP contribution is -2.21. The fourth-order valence-electron chi connectivity index (χ4n) is 1.93. The van der Waals surface area contributed by atoms with E-state index in [-0.39, 0.29) is 5.95 Å². The maximum absolute atomic E-state index is 12.7. The summed E-state index contributed by atoms with van der Waals surface area (Å²) in [4.78, 5) is 11.0. The zero-order valence-corrected chi connectivity index (χ0v) is 12.6. The van der Waals surface area contributed by atoms with Crippen LogP contribution in [0.3, 0.4) is 0 Å². The largest absolute Gasteiger partial charge is 0.433 e. The molecule has 22 heavy (non-hydrogen) atoms. The minimum Gasteiger partial charge on any atom is -0.378 e. The molecule has 0 amide bonds. The molecule has 2 rings (SSSR count). The molecule has 0 N–H and O–H groups in total. The number of hydrogen-bond donors (Lipinski definition) is 0. The van der Waals surface area contributed by atoms with Gasteiger partial charge in [0.2, 0.25) is 5.95 Å². The Morgan fingerprint density at radius 2 is 1.64 bits per heavy atom. The minimum absolute atomic E-state index is 0.0477. The predicted octanol–water partition coefficient (Wildman–Crippen LogP) is 3.20. The van der Waals surface area contributed by atoms with Gasteiger partial charge in [0, 0.05) is 39.6 Å². The van der Waals surface area contributed by atoms with Gasteiger partial charge in [0.05, 0.1) is 0 Å². The molecule has 118 valence electrons. The number of halogens is 3. The second-order valence-electron chi connectivity index (χ2n) is 5.16. The smallest absolute Gasteiger partial charge is 0.378 e. The van der Waals surface area contributed by atoms with Crippen molar-refractivity contribution in [3.05, 3.63) is 47.8 Å². The van der Waals surface area contributed by atoms with Gasteiger partial charge in [0.15, 0.2) is 0 Å². The third-order valence-electron chi connectivity index (χ3n) is 3.15. The molecule has 4 nitrogen and oxygen atoms in total. The molecule has 0 aliphatic heterocycles. The van der Waals surface area contributed by atoms with Gasteiger partial charge >= 0.3 is 6.18 Å². The summed E-state index contributed by atoms with van der Waals surface area (Å²) in [6, 6.07) is 8.63. The standard InChI is InChI=1S/C15H17F3N4/c1-21(2)12-6-4-11(5-7-12)10-22(3)14-19-9-8-13(20-14)15(16,17)18/h4-9H,10H2,1-3H3. The van der Waals surface area contributed by atoms with Crippen LogP contribution in [-0.2, 0) is 12.7 Å². The quantitative estimate of drug-likeness (QED) is 0.868. The average molecular weight is 310 g/mol. The Labute approximate surface area is 127 Å². The summed E-state index contributed by atoms with van der Waals surface area (Å²) in [6.45, 7) is 0.426. The topological polar surface area (TPSA) is 32.3 Å². The Kier molecular flexibility index (Phi) is 4.54. The van der Waals surface area contributed by atoms with Gasteiger partial charge in [-0.1, -0.05) is 12.1 Å². The van der Waals surface area contributed by atoms with E-state index in [1.807, 2.05) is 43.3 Å². The average Bonchev–Trinajstić information content (AvgIpc) is 2.47. The van der Waals surface area contributed by atoms with Crippen molar-refractivity contribution in [1.29, 1.82) is 0 Å². The molecule has 1 aromatic carbocycles. The summed E-state index contributed by atoms with van der Waals surface area (Å²) in [6.07, 6.45) is -3.34. The highest BCUT2D eigenvalue weighted by atomic mass is 19.4. The fraction of sp³-hybridized carbons (Fsp3) is 0.333. The monoisotopic (exact) mass is 310 g/mol. The van der Waals surface area contributed by atoms with Gasteiger partial charge in [-0.05, 0) is 23.8 Å². The van der Waals surface area contributed by atoms with Gasteiger partial charge in [0.1, 0.15) is 5.69 Å². The molecule has 0 saturated heterocycles. The number of alkyl halides is 3. The summed E-state index contributed by atoms with van der Waals surface area (Å²) in [7, 11) is 5.55. The molecule has 0 spiro atoms. The van der Waals surface area contributed by atoms with E-state index in [9.17, 15) is 13.2 Å². The van der Waals surface area contributed by atoms with E-state index in [0.29, 0.717) is 6.54 Å². The van der Waals surface area contributed by atoms with E-state index < -0.39 is 11.9 Å². The molecule has 0 unspecified atom stereocenters. The van der Waals surface area contributed by atoms with Gasteiger partial charge in [-0.2, -0.15) is 13.2 Å². The molecular formula is C15H17F3N4. The summed E-state index contributed by atoms with van der Waals surface area (Å²) in [5.41, 5.74) is 1.09. The van der Waals surface area contributed by atoms with Crippen LogP contribution in [0.15, 0.2) is 36.5 Å². The number of nitrogens with zero attached hydrogens (tertiary/aromatic N) is 4. The maximum Gasteiger partial charge on any atom is 0.433 e. The Hall–Kier alpha value is -2.31. The highest BCUT2D eigenvalue weighted by molar-refractivity contribution is 5.46. The Balaban J connectivity index is 2.13. The predicted molar refractivity (Wildman–Crippen MR) is 79.9 cm³/mol. The summed E-state index contributed by atoms with van der Waals surface area (Å²) in [5, 5.41) is 0. The molecule has 1 aromatic heterocycles. The molecule has 0 fully saturated rings. The normalized spacial score (nSPS) is 11.4. The van der Waals surface area contributed by atoms with E-state index in [1.165, 1.54) is 0 Å². The molecule has 7 heteroatoms. The Morgan fingerprint density at radius 1 is 1.00 bits per heavy atom. The number of benzene rings is 1. The van der Waals surface area contributed by atoms with E-state index in [0.717, 1.165) is 23.5 Å². The number of hydrogen-bond acceptors (Lipinski definition) is 4. The van der Waals surface area contributed by atoms with Crippen LogP contribution < -0.4 is 9.80 Å². The molecule has 1 heterocycles. The zero-order chi connectivity index (χ0) is 16.3. The number of rotatable bonds is 4. The van der Waals surface area contributed by atoms with Crippen molar-refractivity contribution in [1.82, 2.24) is 9.97 Å². The first-order chi connectivity index (χ1) is 10.3. The van der Waals surface area contributed by atoms with Crippen LogP contribution in [0, 0.1) is 0 Å². The second-order valence-corrected chi connectivity index (χ2v) is 5.16. The fourth-order valence-corrected chi connectivity index (χ4v) is 1.93. The number of anilines is 2. The first-order valence-corrected chi connectivity index (χ1v) is 6.65. The number of aromatic nitrogens is 2. The van der Waals surface area contributed by atoms with Crippen molar-refractivity contribution in [3.63, 3.8) is 0 Å². The van der Waals surface area contributed by atoms with E-state index in [1.54, 1.807) is 11.9 Å². The van der Waals surface area contributed by atoms with Crippen molar-refractivity contribution < 1.29 is 13.2 Å². The van der Waals surface area contributed by atoms with Crippen molar-refractivity contribution in [3.8, 4) is 0 Å². The molecule has 0 aliphatic rings. The maximum atomic E-state index is 12.7. The Bertz CT molecular complexity index is 623. The van der Waals surface area contributed by atoms with Crippen molar-refractivity contribution >= 4 is 11.6 Å². The van der Waals surface area contributed by atoms with Crippen LogP contribution in [0.4, 0.5) is 24.8 Å². The van der Waals surface area contributed by atoms with Gasteiger partial charge in [-0.3, -0.25) is 0 Å². The molecule has 0 radical (unpaired) electrons. The zero-order valence-electron chi connectivity index (χ0n) is 12.6. The third kappa shape index (κ3) is 3.87. The first-order valence-electron chi connectivity index (χ1n) is 6.65. The van der Waals surface area contributed by atoms with E-state index >= 15 is 0 Å². The van der Waals surface area contributed by atoms with Crippen LogP contribution >= 0.6 is 0 Å². The lowest BCUT2D eigenvalue weighted by atomic mass is 10.2. The van der Waals surface area contributed by atoms with Gasteiger partial charge in [0.25, 0.3) is 0 Å². The van der Waals surface area contributed by atoms with Crippen LogP contribution in [0.1, 0.15) is 11.3 Å². The summed E-state index contributed by atoms with van der Waals surface area (Å²) in [5.74, 6) is 0.0477. The van der Waals surface area contributed by atoms with Crippen LogP contribution in [-0.4, -0.2) is 31.1 Å². The highest BCUT2D eigenvalue weighted by Crippen LogP contribution is 2.28. The van der Waals surface area contributed by atoms with Gasteiger partial charge < -0.3 is 9.80 Å². The molecule has 0 aliphatic carbocycles. The van der Waals surface area contributed by atoms with Gasteiger partial charge in [-0.25, -0.2) is 9.97 Å². The lowest BCUT2D eigenvalue weighted by Gasteiger charge is -2.19. The lowest BCUT2D eigenvalue weighted by molar-refractivity contribution is -0.141. The Morgan fingerprint density at radius 3 is 2.18 bits per heavy atom. The van der Waals surface area contributed by atoms with E-state index in [4.69, 9.17) is 0 Å². The molecular weight excluding hydrogens is 293 g/mol. The SMILES string of the molecule is CN(C)c1ccc(CN(C)c2nccc(C(F)(F)F)n2)cc1. The molecule has 0 bridgehead atoms. The van der Waals surface area contributed by atoms with Gasteiger partial charge in [-0.15, -0.1) is 0 Å². The summed E-state index contributed by atoms with van der Waals surface area (Å²) < 4.78 is 38.0. The third-order valence-corrected chi connectivity index (χ3v) is 3.15. The first kappa shape index (κ1) is 16.1. The molecule has 2 aromatic rings. The highest BCUT2D eigenvalue weighted by Gasteiger charge is 2.33.